The fourth-order valence-electron chi connectivity index (χ4n) is 4.18. The molecule has 1 aliphatic rings. The van der Waals surface area contributed by atoms with Gasteiger partial charge >= 0.3 is 0 Å². The minimum absolute atomic E-state index is 0.0124. The summed E-state index contributed by atoms with van der Waals surface area (Å²) < 4.78 is 31.7. The SMILES string of the molecule is CC(CCn1ccc(-c2ccc(-c3cn(CCO)nn3)cc2)cc1=O)(C(=O)NOC1CCCCO1)S(C)(=O)=O. The number of ether oxygens (including phenoxy) is 1. The Balaban J connectivity index is 1.43. The lowest BCUT2D eigenvalue weighted by molar-refractivity contribution is -0.201. The summed E-state index contributed by atoms with van der Waals surface area (Å²) in [5.74, 6) is -0.805. The zero-order chi connectivity index (χ0) is 28.0. The Kier molecular flexibility index (Phi) is 8.95. The van der Waals surface area contributed by atoms with Crippen LogP contribution < -0.4 is 11.0 Å². The number of aliphatic hydroxyl groups excluding tert-OH is 1. The summed E-state index contributed by atoms with van der Waals surface area (Å²) in [7, 11) is -3.85. The first-order valence-electron chi connectivity index (χ1n) is 12.7. The zero-order valence-electron chi connectivity index (χ0n) is 21.9. The number of aliphatic hydroxyl groups is 1. The van der Waals surface area contributed by atoms with Crippen molar-refractivity contribution in [1.82, 2.24) is 25.0 Å². The van der Waals surface area contributed by atoms with Gasteiger partial charge in [0.2, 0.25) is 0 Å². The van der Waals surface area contributed by atoms with Crippen LogP contribution in [-0.4, -0.2) is 69.5 Å². The maximum atomic E-state index is 12.9. The van der Waals surface area contributed by atoms with E-state index in [1.54, 1.807) is 23.1 Å². The molecule has 4 rings (SSSR count). The third kappa shape index (κ3) is 6.79. The maximum absolute atomic E-state index is 12.9. The smallest absolute Gasteiger partial charge is 0.264 e. The molecule has 0 saturated carbocycles. The van der Waals surface area contributed by atoms with Crippen LogP contribution in [0.2, 0.25) is 0 Å². The molecule has 13 heteroatoms. The third-order valence-corrected chi connectivity index (χ3v) is 8.95. The topological polar surface area (TPSA) is 155 Å². The number of rotatable bonds is 11. The van der Waals surface area contributed by atoms with Crippen molar-refractivity contribution in [2.75, 3.05) is 19.5 Å². The van der Waals surface area contributed by atoms with E-state index >= 15 is 0 Å². The van der Waals surface area contributed by atoms with E-state index in [1.165, 1.54) is 17.6 Å². The number of hydrogen-bond acceptors (Lipinski definition) is 9. The Morgan fingerprint density at radius 1 is 1.18 bits per heavy atom. The minimum atomic E-state index is -3.85. The molecule has 2 N–H and O–H groups in total. The fourth-order valence-corrected chi connectivity index (χ4v) is 5.02. The lowest BCUT2D eigenvalue weighted by Gasteiger charge is -2.28. The van der Waals surface area contributed by atoms with Crippen molar-refractivity contribution in [3.63, 3.8) is 0 Å². The average Bonchev–Trinajstić information content (AvgIpc) is 3.39. The number of benzene rings is 1. The molecule has 2 aromatic heterocycles. The molecule has 2 unspecified atom stereocenters. The van der Waals surface area contributed by atoms with E-state index in [0.717, 1.165) is 30.2 Å². The number of carbonyl (C=O) groups excluding carboxylic acids is 1. The Morgan fingerprint density at radius 3 is 2.56 bits per heavy atom. The lowest BCUT2D eigenvalue weighted by Crippen LogP contribution is -2.51. The molecule has 0 radical (unpaired) electrons. The van der Waals surface area contributed by atoms with Crippen LogP contribution in [0.25, 0.3) is 22.4 Å². The van der Waals surface area contributed by atoms with Gasteiger partial charge in [0.05, 0.1) is 19.3 Å². The number of aryl methyl sites for hydroxylation is 1. The van der Waals surface area contributed by atoms with E-state index in [2.05, 4.69) is 15.8 Å². The van der Waals surface area contributed by atoms with E-state index in [4.69, 9.17) is 14.7 Å². The molecule has 3 heterocycles. The molecule has 1 saturated heterocycles. The highest BCUT2D eigenvalue weighted by Crippen LogP contribution is 2.25. The van der Waals surface area contributed by atoms with Crippen molar-refractivity contribution in [2.24, 2.45) is 0 Å². The van der Waals surface area contributed by atoms with Crippen molar-refractivity contribution in [2.45, 2.75) is 56.7 Å². The van der Waals surface area contributed by atoms with Crippen molar-refractivity contribution in [3.8, 4) is 22.4 Å². The van der Waals surface area contributed by atoms with E-state index < -0.39 is 26.8 Å². The maximum Gasteiger partial charge on any atom is 0.264 e. The monoisotopic (exact) mass is 559 g/mol. The number of hydroxylamine groups is 1. The standard InChI is InChI=1S/C26H33N5O7S/c1-26(39(2,35)36,25(34)28-38-24-5-3-4-16-37-24)11-13-30-12-10-21(17-23(30)33)19-6-8-20(9-7-19)22-18-31(14-15-32)29-27-22/h6-10,12,17-18,24,32H,3-5,11,13-16H2,1-2H3,(H,28,34). The van der Waals surface area contributed by atoms with Gasteiger partial charge in [-0.25, -0.2) is 23.4 Å². The van der Waals surface area contributed by atoms with Crippen molar-refractivity contribution >= 4 is 15.7 Å². The lowest BCUT2D eigenvalue weighted by atomic mass is 10.0. The van der Waals surface area contributed by atoms with E-state index in [9.17, 15) is 18.0 Å². The van der Waals surface area contributed by atoms with Gasteiger partial charge in [-0.1, -0.05) is 29.5 Å². The van der Waals surface area contributed by atoms with E-state index in [0.29, 0.717) is 30.8 Å². The van der Waals surface area contributed by atoms with Gasteiger partial charge in [0, 0.05) is 43.7 Å². The first kappa shape index (κ1) is 28.6. The first-order chi connectivity index (χ1) is 18.6. The highest BCUT2D eigenvalue weighted by Gasteiger charge is 2.44. The number of hydrogen-bond donors (Lipinski definition) is 2. The number of nitrogens with zero attached hydrogens (tertiary/aromatic N) is 4. The van der Waals surface area contributed by atoms with Crippen molar-refractivity contribution in [3.05, 3.63) is 59.1 Å². The average molecular weight is 560 g/mol. The van der Waals surface area contributed by atoms with Gasteiger partial charge in [-0.15, -0.1) is 5.10 Å². The summed E-state index contributed by atoms with van der Waals surface area (Å²) in [5, 5.41) is 17.1. The van der Waals surface area contributed by atoms with Crippen LogP contribution in [0.4, 0.5) is 0 Å². The van der Waals surface area contributed by atoms with Crippen LogP contribution >= 0.6 is 0 Å². The second kappa shape index (κ2) is 12.2. The normalized spacial score (nSPS) is 17.5. The van der Waals surface area contributed by atoms with E-state index in [1.807, 2.05) is 24.3 Å². The number of carbonyl (C=O) groups is 1. The van der Waals surface area contributed by atoms with Crippen LogP contribution in [0.5, 0.6) is 0 Å². The molecule has 210 valence electrons. The molecule has 1 fully saturated rings. The highest BCUT2D eigenvalue weighted by molar-refractivity contribution is 7.92. The van der Waals surface area contributed by atoms with Gasteiger partial charge in [0.1, 0.15) is 5.69 Å². The molecule has 0 bridgehead atoms. The number of aromatic nitrogens is 4. The summed E-state index contributed by atoms with van der Waals surface area (Å²) in [6.45, 7) is 2.18. The quantitative estimate of drug-likeness (QED) is 0.333. The van der Waals surface area contributed by atoms with Gasteiger partial charge in [-0.2, -0.15) is 0 Å². The molecular weight excluding hydrogens is 526 g/mol. The second-order valence-corrected chi connectivity index (χ2v) is 12.2. The Bertz CT molecular complexity index is 1450. The Hall–Kier alpha value is -3.39. The molecule has 1 aromatic carbocycles. The van der Waals surface area contributed by atoms with Crippen LogP contribution in [-0.2, 0) is 37.3 Å². The van der Waals surface area contributed by atoms with Gasteiger partial charge in [0.15, 0.2) is 20.9 Å². The summed E-state index contributed by atoms with van der Waals surface area (Å²) >= 11 is 0. The van der Waals surface area contributed by atoms with Gasteiger partial charge in [-0.3, -0.25) is 9.59 Å². The summed E-state index contributed by atoms with van der Waals surface area (Å²) in [6.07, 6.45) is 5.98. The Morgan fingerprint density at radius 2 is 1.92 bits per heavy atom. The molecule has 12 nitrogen and oxygen atoms in total. The molecule has 39 heavy (non-hydrogen) atoms. The van der Waals surface area contributed by atoms with Crippen molar-refractivity contribution < 1.29 is 27.9 Å². The molecule has 3 aromatic rings. The Labute approximate surface area is 226 Å². The van der Waals surface area contributed by atoms with Crippen LogP contribution in [0.1, 0.15) is 32.6 Å². The summed E-state index contributed by atoms with van der Waals surface area (Å²) in [4.78, 5) is 31.1. The van der Waals surface area contributed by atoms with Crippen LogP contribution in [0.15, 0.2) is 53.6 Å². The molecule has 0 spiro atoms. The van der Waals surface area contributed by atoms with Gasteiger partial charge in [0.25, 0.3) is 11.5 Å². The van der Waals surface area contributed by atoms with E-state index in [-0.39, 0.29) is 25.1 Å². The summed E-state index contributed by atoms with van der Waals surface area (Å²) in [5.41, 5.74) is 4.94. The molecule has 1 amide bonds. The second-order valence-electron chi connectivity index (χ2n) is 9.71. The summed E-state index contributed by atoms with van der Waals surface area (Å²) in [6, 6.07) is 10.7. The molecule has 1 aliphatic heterocycles. The third-order valence-electron chi connectivity index (χ3n) is 6.93. The number of nitrogens with one attached hydrogen (secondary N) is 1. The molecule has 2 atom stereocenters. The predicted molar refractivity (Wildman–Crippen MR) is 143 cm³/mol. The molecule has 0 aliphatic carbocycles. The van der Waals surface area contributed by atoms with Gasteiger partial charge < -0.3 is 14.4 Å². The van der Waals surface area contributed by atoms with Crippen LogP contribution in [0.3, 0.4) is 0 Å². The predicted octanol–water partition coefficient (Wildman–Crippen LogP) is 1.53. The number of pyridine rings is 1. The largest absolute Gasteiger partial charge is 0.394 e. The number of sulfone groups is 1. The first-order valence-corrected chi connectivity index (χ1v) is 14.6. The van der Waals surface area contributed by atoms with Gasteiger partial charge in [-0.05, 0) is 43.4 Å². The van der Waals surface area contributed by atoms with Crippen molar-refractivity contribution in [1.29, 1.82) is 0 Å². The minimum Gasteiger partial charge on any atom is -0.394 e. The highest BCUT2D eigenvalue weighted by atomic mass is 32.2. The zero-order valence-corrected chi connectivity index (χ0v) is 22.8. The van der Waals surface area contributed by atoms with Crippen LogP contribution in [0, 0.1) is 0 Å². The fraction of sp³-hybridized carbons (Fsp3) is 0.462. The molecular formula is C26H33N5O7S. The number of amides is 1.